The molecule has 6 rings (SSSR count). The van der Waals surface area contributed by atoms with E-state index in [2.05, 4.69) is 186 Å². The summed E-state index contributed by atoms with van der Waals surface area (Å²) in [5, 5.41) is 0. The van der Waals surface area contributed by atoms with Crippen LogP contribution in [0, 0.1) is 24.7 Å². The molecule has 0 spiro atoms. The molecule has 0 unspecified atom stereocenters. The number of aryl methyl sites for hydroxylation is 2. The van der Waals surface area contributed by atoms with Crippen LogP contribution >= 0.6 is 31.9 Å². The lowest BCUT2D eigenvalue weighted by atomic mass is 9.47. The van der Waals surface area contributed by atoms with Gasteiger partial charge in [-0.25, -0.2) is 0 Å². The minimum Gasteiger partial charge on any atom is -0.310 e. The van der Waals surface area contributed by atoms with E-state index in [4.69, 9.17) is 0 Å². The summed E-state index contributed by atoms with van der Waals surface area (Å²) in [4.78, 5) is 2.39. The molecule has 4 aromatic carbocycles. The first-order chi connectivity index (χ1) is 19.9. The van der Waals surface area contributed by atoms with Gasteiger partial charge in [-0.2, -0.15) is 0 Å². The molecule has 224 valence electrons. The molecule has 0 saturated heterocycles. The van der Waals surface area contributed by atoms with Crippen LogP contribution in [0.1, 0.15) is 90.1 Å². The molecule has 0 radical (unpaired) electrons. The van der Waals surface area contributed by atoms with E-state index in [1.54, 1.807) is 5.56 Å². The Labute approximate surface area is 276 Å². The molecule has 0 heterocycles. The van der Waals surface area contributed by atoms with Gasteiger partial charge >= 0.3 is 0 Å². The first-order valence-corrected chi connectivity index (χ1v) is 17.1. The molecule has 3 heteroatoms. The minimum atomic E-state index is 0.0601. The van der Waals surface area contributed by atoms with Crippen LogP contribution in [-0.2, 0) is 16.2 Å². The van der Waals surface area contributed by atoms with Crippen molar-refractivity contribution in [1.29, 1.82) is 0 Å². The second kappa shape index (κ2) is 9.57. The fourth-order valence-corrected chi connectivity index (χ4v) is 9.56. The Hall–Kier alpha value is -2.36. The summed E-state index contributed by atoms with van der Waals surface area (Å²) in [5.74, 6) is 0. The molecule has 0 aromatic heterocycles. The Morgan fingerprint density at radius 1 is 0.512 bits per heavy atom. The molecule has 2 aliphatic carbocycles. The van der Waals surface area contributed by atoms with Crippen molar-refractivity contribution in [2.45, 2.75) is 92.4 Å². The first-order valence-electron chi connectivity index (χ1n) is 15.5. The third-order valence-corrected chi connectivity index (χ3v) is 13.9. The smallest absolute Gasteiger partial charge is 0.0491 e. The summed E-state index contributed by atoms with van der Waals surface area (Å²) in [7, 11) is 0. The van der Waals surface area contributed by atoms with Crippen LogP contribution < -0.4 is 4.90 Å². The van der Waals surface area contributed by atoms with E-state index in [1.165, 1.54) is 44.8 Å². The largest absolute Gasteiger partial charge is 0.310 e. The van der Waals surface area contributed by atoms with E-state index in [0.717, 1.165) is 14.6 Å². The van der Waals surface area contributed by atoms with Crippen LogP contribution in [0.3, 0.4) is 0 Å². The number of hydrogen-bond acceptors (Lipinski definition) is 1. The standard InChI is InChI=1S/C40H45Br2N/c1-24-20-28(41)14-18-33(24)43(34-19-15-29(42)21-25(34)2)30-16-12-26(13-17-30)27-22-31-35-32(23-27)37(5,6)39(9,10)40(35,11)38(7,8)36(31,3)4/h12-23H,1-11H3. The van der Waals surface area contributed by atoms with Crippen molar-refractivity contribution in [1.82, 2.24) is 0 Å². The molecule has 0 atom stereocenters. The van der Waals surface area contributed by atoms with Crippen LogP contribution in [0.25, 0.3) is 11.1 Å². The normalized spacial score (nSPS) is 19.7. The highest BCUT2D eigenvalue weighted by Crippen LogP contribution is 2.76. The Morgan fingerprint density at radius 3 is 1.33 bits per heavy atom. The van der Waals surface area contributed by atoms with E-state index >= 15 is 0 Å². The van der Waals surface area contributed by atoms with Crippen LogP contribution in [0.2, 0.25) is 0 Å². The van der Waals surface area contributed by atoms with E-state index in [1.807, 2.05) is 0 Å². The predicted molar refractivity (Wildman–Crippen MR) is 192 cm³/mol. The van der Waals surface area contributed by atoms with Gasteiger partial charge in [0.2, 0.25) is 0 Å². The summed E-state index contributed by atoms with van der Waals surface area (Å²) in [6.45, 7) is 26.9. The molecule has 0 aliphatic heterocycles. The molecular weight excluding hydrogens is 654 g/mol. The lowest BCUT2D eigenvalue weighted by Gasteiger charge is -2.56. The maximum Gasteiger partial charge on any atom is 0.0491 e. The highest BCUT2D eigenvalue weighted by molar-refractivity contribution is 9.10. The Bertz CT molecular complexity index is 1670. The molecule has 0 saturated carbocycles. The van der Waals surface area contributed by atoms with E-state index < -0.39 is 0 Å². The van der Waals surface area contributed by atoms with Gasteiger partial charge in [0.25, 0.3) is 0 Å². The lowest BCUT2D eigenvalue weighted by molar-refractivity contribution is -0.0105. The molecule has 0 N–H and O–H groups in total. The summed E-state index contributed by atoms with van der Waals surface area (Å²) in [5.41, 5.74) is 13.7. The SMILES string of the molecule is Cc1cc(Br)ccc1N(c1ccc(-c2cc3c4c(c2)C(C)(C)C(C)(C)C4(C)C(C)(C)C3(C)C)cc1)c1ccc(Br)cc1C. The first kappa shape index (κ1) is 30.7. The third kappa shape index (κ3) is 3.92. The summed E-state index contributed by atoms with van der Waals surface area (Å²) in [6.07, 6.45) is 0. The topological polar surface area (TPSA) is 3.24 Å². The number of nitrogens with zero attached hydrogens (tertiary/aromatic N) is 1. The zero-order valence-corrected chi connectivity index (χ0v) is 30.8. The fourth-order valence-electron chi connectivity index (χ4n) is 8.61. The molecular formula is C40H45Br2N. The van der Waals surface area contributed by atoms with E-state index in [9.17, 15) is 0 Å². The van der Waals surface area contributed by atoms with Gasteiger partial charge in [0, 0.05) is 31.4 Å². The molecule has 0 fully saturated rings. The third-order valence-electron chi connectivity index (χ3n) is 12.9. The molecule has 0 amide bonds. The Morgan fingerprint density at radius 2 is 0.930 bits per heavy atom. The average Bonchev–Trinajstić information content (AvgIpc) is 3.14. The predicted octanol–water partition coefficient (Wildman–Crippen LogP) is 12.9. The number of rotatable bonds is 4. The highest BCUT2D eigenvalue weighted by Gasteiger charge is 2.72. The summed E-state index contributed by atoms with van der Waals surface area (Å²) >= 11 is 7.32. The molecule has 43 heavy (non-hydrogen) atoms. The minimum absolute atomic E-state index is 0.0601. The lowest BCUT2D eigenvalue weighted by Crippen LogP contribution is -2.54. The molecule has 0 bridgehead atoms. The second-order valence-corrected chi connectivity index (χ2v) is 17.1. The quantitative estimate of drug-likeness (QED) is 0.205. The van der Waals surface area contributed by atoms with Crippen molar-refractivity contribution in [3.8, 4) is 11.1 Å². The van der Waals surface area contributed by atoms with Gasteiger partial charge in [-0.3, -0.25) is 0 Å². The highest BCUT2D eigenvalue weighted by atomic mass is 79.9. The maximum absolute atomic E-state index is 3.66. The van der Waals surface area contributed by atoms with Crippen LogP contribution in [0.5, 0.6) is 0 Å². The van der Waals surface area contributed by atoms with Crippen LogP contribution in [0.15, 0.2) is 81.7 Å². The van der Waals surface area contributed by atoms with Gasteiger partial charge in [-0.1, -0.05) is 118 Å². The molecule has 2 aliphatic rings. The Balaban J connectivity index is 1.51. The average molecular weight is 700 g/mol. The number of benzene rings is 4. The van der Waals surface area contributed by atoms with Gasteiger partial charge in [0.15, 0.2) is 0 Å². The van der Waals surface area contributed by atoms with Gasteiger partial charge in [0.1, 0.15) is 0 Å². The zero-order chi connectivity index (χ0) is 31.5. The molecule has 4 aromatic rings. The monoisotopic (exact) mass is 697 g/mol. The van der Waals surface area contributed by atoms with Crippen molar-refractivity contribution in [2.24, 2.45) is 10.8 Å². The van der Waals surface area contributed by atoms with Gasteiger partial charge in [-0.15, -0.1) is 0 Å². The van der Waals surface area contributed by atoms with Crippen molar-refractivity contribution < 1.29 is 0 Å². The van der Waals surface area contributed by atoms with Gasteiger partial charge in [0.05, 0.1) is 0 Å². The number of anilines is 3. The number of halogens is 2. The number of hydrogen-bond donors (Lipinski definition) is 0. The van der Waals surface area contributed by atoms with Crippen molar-refractivity contribution in [3.63, 3.8) is 0 Å². The van der Waals surface area contributed by atoms with E-state index in [-0.39, 0.29) is 27.1 Å². The second-order valence-electron chi connectivity index (χ2n) is 15.3. The van der Waals surface area contributed by atoms with Crippen molar-refractivity contribution in [2.75, 3.05) is 4.90 Å². The summed E-state index contributed by atoms with van der Waals surface area (Å²) < 4.78 is 2.18. The zero-order valence-electron chi connectivity index (χ0n) is 27.6. The van der Waals surface area contributed by atoms with Gasteiger partial charge < -0.3 is 4.90 Å². The Kier molecular flexibility index (Phi) is 6.82. The maximum atomic E-state index is 3.66. The molecule has 1 nitrogen and oxygen atoms in total. The fraction of sp³-hybridized carbons (Fsp3) is 0.400. The van der Waals surface area contributed by atoms with Crippen LogP contribution in [-0.4, -0.2) is 0 Å². The van der Waals surface area contributed by atoms with E-state index in [0.29, 0.717) is 0 Å². The van der Waals surface area contributed by atoms with Gasteiger partial charge in [-0.05, 0) is 123 Å². The van der Waals surface area contributed by atoms with Crippen LogP contribution in [0.4, 0.5) is 17.1 Å². The summed E-state index contributed by atoms with van der Waals surface area (Å²) in [6, 6.07) is 27.3. The van der Waals surface area contributed by atoms with Crippen molar-refractivity contribution >= 4 is 48.9 Å². The van der Waals surface area contributed by atoms with Crippen molar-refractivity contribution in [3.05, 3.63) is 110 Å².